The first-order valence-corrected chi connectivity index (χ1v) is 1.61. The molecule has 0 atom stereocenters. The van der Waals surface area contributed by atoms with Gasteiger partial charge in [0.25, 0.3) is 0 Å². The Morgan fingerprint density at radius 2 is 1.62 bits per heavy atom. The van der Waals surface area contributed by atoms with E-state index in [0.29, 0.717) is 0 Å². The normalized spacial score (nSPS) is 7.00. The Balaban J connectivity index is 3.32. The maximum Gasteiger partial charge on any atom is 0.562 e. The Morgan fingerprint density at radius 1 is 1.25 bits per heavy atom. The fourth-order valence-electron chi connectivity index (χ4n) is 0.122. The van der Waals surface area contributed by atoms with Gasteiger partial charge in [0.15, 0.2) is 0 Å². The zero-order chi connectivity index (χ0) is 6.41. The topological polar surface area (TPSA) is 60.2 Å². The number of nitrogens with zero attached hydrogens (tertiary/aromatic N) is 2. The van der Waals surface area contributed by atoms with E-state index in [4.69, 9.17) is 0 Å². The highest BCUT2D eigenvalue weighted by atomic mass is 16.8. The first-order chi connectivity index (χ1) is 3.81. The van der Waals surface area contributed by atoms with E-state index in [-0.39, 0.29) is 0 Å². The molecule has 0 fully saturated rings. The van der Waals surface area contributed by atoms with Gasteiger partial charge in [-0.15, -0.1) is 0 Å². The minimum Gasteiger partial charge on any atom is -0.281 e. The fraction of sp³-hybridized carbons (Fsp3) is 0. The van der Waals surface area contributed by atoms with Gasteiger partial charge in [-0.1, -0.05) is 10.3 Å². The highest BCUT2D eigenvalue weighted by molar-refractivity contribution is 5.60. The van der Waals surface area contributed by atoms with Crippen LogP contribution < -0.4 is 0 Å². The van der Waals surface area contributed by atoms with E-state index in [1.165, 1.54) is 0 Å². The summed E-state index contributed by atoms with van der Waals surface area (Å²) in [5.74, 6) is 0. The quantitative estimate of drug-likeness (QED) is 0.297. The molecule has 0 saturated carbocycles. The van der Waals surface area contributed by atoms with Gasteiger partial charge < -0.3 is 0 Å². The molecule has 0 aromatic heterocycles. The summed E-state index contributed by atoms with van der Waals surface area (Å²) < 4.78 is 0. The van der Waals surface area contributed by atoms with Gasteiger partial charge in [0.2, 0.25) is 0 Å². The maximum absolute atomic E-state index is 9.93. The van der Waals surface area contributed by atoms with Gasteiger partial charge in [-0.05, 0) is 0 Å². The number of oxime groups is 2. The summed E-state index contributed by atoms with van der Waals surface area (Å²) in [5, 5.41) is 5.48. The van der Waals surface area contributed by atoms with E-state index in [1.807, 2.05) is 0 Å². The first kappa shape index (κ1) is 6.61. The van der Waals surface area contributed by atoms with E-state index in [0.717, 1.165) is 0 Å². The van der Waals surface area contributed by atoms with E-state index in [1.54, 1.807) is 0 Å². The molecular formula is C3H4N2O3. The fourth-order valence-corrected chi connectivity index (χ4v) is 0.122. The van der Waals surface area contributed by atoms with E-state index in [9.17, 15) is 4.79 Å². The Labute approximate surface area is 45.6 Å². The van der Waals surface area contributed by atoms with Crippen LogP contribution in [0.5, 0.6) is 0 Å². The molecule has 0 radical (unpaired) electrons. The predicted octanol–water partition coefficient (Wildman–Crippen LogP) is 0.371. The van der Waals surface area contributed by atoms with E-state index in [2.05, 4.69) is 33.4 Å². The van der Waals surface area contributed by atoms with Gasteiger partial charge in [-0.2, -0.15) is 4.79 Å². The van der Waals surface area contributed by atoms with Crippen LogP contribution >= 0.6 is 0 Å². The zero-order valence-electron chi connectivity index (χ0n) is 4.03. The Hall–Kier alpha value is -1.39. The monoisotopic (exact) mass is 116 g/mol. The van der Waals surface area contributed by atoms with Crippen LogP contribution in [0.25, 0.3) is 0 Å². The van der Waals surface area contributed by atoms with Crippen molar-refractivity contribution in [2.24, 2.45) is 10.3 Å². The van der Waals surface area contributed by atoms with Crippen molar-refractivity contribution in [2.75, 3.05) is 0 Å². The first-order valence-electron chi connectivity index (χ1n) is 1.61. The average Bonchev–Trinajstić information content (AvgIpc) is 1.68. The van der Waals surface area contributed by atoms with Gasteiger partial charge in [0.1, 0.15) is 0 Å². The summed E-state index contributed by atoms with van der Waals surface area (Å²) in [6.45, 7) is 5.70. The van der Waals surface area contributed by atoms with Crippen LogP contribution in [0.1, 0.15) is 0 Å². The summed E-state index contributed by atoms with van der Waals surface area (Å²) in [5.41, 5.74) is 0. The molecule has 0 aliphatic rings. The molecule has 0 bridgehead atoms. The second-order valence-corrected chi connectivity index (χ2v) is 0.691. The van der Waals surface area contributed by atoms with Gasteiger partial charge in [-0.3, -0.25) is 9.68 Å². The SMILES string of the molecule is C=NOC(=O)ON=C. The smallest absolute Gasteiger partial charge is 0.281 e. The van der Waals surface area contributed by atoms with Crippen molar-refractivity contribution in [1.29, 1.82) is 0 Å². The molecule has 0 rings (SSSR count). The molecule has 0 amide bonds. The van der Waals surface area contributed by atoms with Gasteiger partial charge >= 0.3 is 6.16 Å². The second kappa shape index (κ2) is 3.79. The second-order valence-electron chi connectivity index (χ2n) is 0.691. The van der Waals surface area contributed by atoms with Gasteiger partial charge in [0.05, 0.1) is 0 Å². The maximum atomic E-state index is 9.93. The lowest BCUT2D eigenvalue weighted by Gasteiger charge is -1.87. The lowest BCUT2D eigenvalue weighted by Crippen LogP contribution is -1.96. The minimum absolute atomic E-state index is 1.05. The number of hydrogen-bond donors (Lipinski definition) is 0. The summed E-state index contributed by atoms with van der Waals surface area (Å²) in [6.07, 6.45) is -1.05. The number of hydrogen-bond acceptors (Lipinski definition) is 5. The molecule has 5 nitrogen and oxygen atoms in total. The Morgan fingerprint density at radius 3 is 1.88 bits per heavy atom. The van der Waals surface area contributed by atoms with Gasteiger partial charge in [0, 0.05) is 13.4 Å². The van der Waals surface area contributed by atoms with Crippen LogP contribution in [0.4, 0.5) is 4.79 Å². The molecule has 0 aromatic rings. The third-order valence-electron chi connectivity index (χ3n) is 0.278. The van der Waals surface area contributed by atoms with Crippen molar-refractivity contribution in [3.8, 4) is 0 Å². The molecule has 5 heteroatoms. The summed E-state index contributed by atoms with van der Waals surface area (Å²) >= 11 is 0. The van der Waals surface area contributed by atoms with Crippen molar-refractivity contribution in [2.45, 2.75) is 0 Å². The summed E-state index contributed by atoms with van der Waals surface area (Å²) in [6, 6.07) is 0. The molecule has 0 aliphatic carbocycles. The van der Waals surface area contributed by atoms with Crippen LogP contribution in [0.15, 0.2) is 10.3 Å². The van der Waals surface area contributed by atoms with Crippen molar-refractivity contribution in [1.82, 2.24) is 0 Å². The molecule has 44 valence electrons. The third-order valence-corrected chi connectivity index (χ3v) is 0.278. The van der Waals surface area contributed by atoms with Crippen LogP contribution in [-0.2, 0) is 9.68 Å². The lowest BCUT2D eigenvalue weighted by atomic mass is 11.4. The molecule has 0 aromatic carbocycles. The van der Waals surface area contributed by atoms with Crippen molar-refractivity contribution < 1.29 is 14.5 Å². The predicted molar refractivity (Wildman–Crippen MR) is 26.7 cm³/mol. The number of carbonyl (C=O) groups excluding carboxylic acids is 1. The van der Waals surface area contributed by atoms with Crippen molar-refractivity contribution in [3.63, 3.8) is 0 Å². The third kappa shape index (κ3) is 2.83. The van der Waals surface area contributed by atoms with Crippen molar-refractivity contribution >= 4 is 19.6 Å². The highest BCUT2D eigenvalue weighted by Crippen LogP contribution is 1.82. The Bertz CT molecular complexity index is 99.1. The molecule has 0 unspecified atom stereocenters. The van der Waals surface area contributed by atoms with Crippen LogP contribution in [0, 0.1) is 0 Å². The zero-order valence-corrected chi connectivity index (χ0v) is 4.03. The largest absolute Gasteiger partial charge is 0.562 e. The van der Waals surface area contributed by atoms with Crippen LogP contribution in [0.3, 0.4) is 0 Å². The molecule has 8 heavy (non-hydrogen) atoms. The molecule has 0 saturated heterocycles. The highest BCUT2D eigenvalue weighted by Gasteiger charge is 1.97. The minimum atomic E-state index is -1.05. The molecular weight excluding hydrogens is 112 g/mol. The average molecular weight is 116 g/mol. The number of rotatable bonds is 2. The number of carbonyl (C=O) groups is 1. The Kier molecular flexibility index (Phi) is 3.13. The molecule has 0 aliphatic heterocycles. The van der Waals surface area contributed by atoms with Crippen molar-refractivity contribution in [3.05, 3.63) is 0 Å². The summed E-state index contributed by atoms with van der Waals surface area (Å²) in [7, 11) is 0. The lowest BCUT2D eigenvalue weighted by molar-refractivity contribution is 0.0613. The van der Waals surface area contributed by atoms with Crippen LogP contribution in [0.2, 0.25) is 0 Å². The summed E-state index contributed by atoms with van der Waals surface area (Å²) in [4.78, 5) is 17.5. The molecule has 0 heterocycles. The van der Waals surface area contributed by atoms with Crippen LogP contribution in [-0.4, -0.2) is 19.6 Å². The van der Waals surface area contributed by atoms with Gasteiger partial charge in [-0.25, -0.2) is 0 Å². The molecule has 0 N–H and O–H groups in total. The van der Waals surface area contributed by atoms with E-state index >= 15 is 0 Å². The van der Waals surface area contributed by atoms with E-state index < -0.39 is 6.16 Å². The standard InChI is InChI=1S/C3H4N2O3/c1-4-7-3(6)8-5-2/h1-2H2. The molecule has 0 spiro atoms.